The lowest BCUT2D eigenvalue weighted by Gasteiger charge is -2.34. The maximum atomic E-state index is 14.0. The molecule has 3 aromatic carbocycles. The highest BCUT2D eigenvalue weighted by atomic mass is 79.9. The van der Waals surface area contributed by atoms with Gasteiger partial charge in [0.15, 0.2) is 0 Å². The molecule has 0 unspecified atom stereocenters. The summed E-state index contributed by atoms with van der Waals surface area (Å²) in [5.41, 5.74) is 3.44. The van der Waals surface area contributed by atoms with Crippen molar-refractivity contribution in [3.8, 4) is 0 Å². The lowest BCUT2D eigenvalue weighted by atomic mass is 9.93. The first-order chi connectivity index (χ1) is 14.9. The van der Waals surface area contributed by atoms with Crippen LogP contribution in [0, 0.1) is 6.92 Å². The molecule has 0 radical (unpaired) electrons. The zero-order chi connectivity index (χ0) is 22.0. The van der Waals surface area contributed by atoms with Crippen LogP contribution in [0.5, 0.6) is 0 Å². The van der Waals surface area contributed by atoms with Crippen LogP contribution in [0.4, 0.5) is 0 Å². The van der Waals surface area contributed by atoms with Crippen LogP contribution in [-0.2, 0) is 14.6 Å². The Morgan fingerprint density at radius 3 is 2.23 bits per heavy atom. The quantitative estimate of drug-likeness (QED) is 0.351. The van der Waals surface area contributed by atoms with Gasteiger partial charge in [0.25, 0.3) is 0 Å². The molecule has 4 rings (SSSR count). The summed E-state index contributed by atoms with van der Waals surface area (Å²) in [7, 11) is -3.81. The minimum absolute atomic E-state index is 0.159. The predicted molar refractivity (Wildman–Crippen MR) is 129 cm³/mol. The van der Waals surface area contributed by atoms with Crippen molar-refractivity contribution in [1.29, 1.82) is 0 Å². The number of halogens is 2. The number of hydrogen-bond donors (Lipinski definition) is 0. The normalized spacial score (nSPS) is 19.5. The van der Waals surface area contributed by atoms with E-state index in [0.717, 1.165) is 22.3 Å². The summed E-state index contributed by atoms with van der Waals surface area (Å²) in [6.45, 7) is 1.94. The van der Waals surface area contributed by atoms with Gasteiger partial charge in [-0.2, -0.15) is 0 Å². The third kappa shape index (κ3) is 4.65. The number of sulfone groups is 1. The minimum Gasteiger partial charge on any atom is -0.364 e. The fourth-order valence-corrected chi connectivity index (χ4v) is 6.05. The van der Waals surface area contributed by atoms with E-state index in [2.05, 4.69) is 15.9 Å². The van der Waals surface area contributed by atoms with E-state index >= 15 is 0 Å². The van der Waals surface area contributed by atoms with Gasteiger partial charge in [-0.15, -0.1) is 0 Å². The van der Waals surface area contributed by atoms with Crippen LogP contribution in [0.3, 0.4) is 0 Å². The molecule has 1 aliphatic rings. The fourth-order valence-electron chi connectivity index (χ4n) is 3.79. The molecule has 1 heterocycles. The van der Waals surface area contributed by atoms with E-state index in [1.165, 1.54) is 0 Å². The molecule has 0 aliphatic carbocycles. The maximum Gasteiger partial charge on any atom is 0.206 e. The van der Waals surface area contributed by atoms with Gasteiger partial charge in [-0.25, -0.2) is 8.42 Å². The second kappa shape index (κ2) is 9.29. The second-order valence-corrected chi connectivity index (χ2v) is 10.6. The van der Waals surface area contributed by atoms with Gasteiger partial charge < -0.3 is 4.74 Å². The van der Waals surface area contributed by atoms with E-state index in [9.17, 15) is 8.42 Å². The van der Waals surface area contributed by atoms with Crippen molar-refractivity contribution in [2.75, 3.05) is 5.33 Å². The molecule has 2 atom stereocenters. The van der Waals surface area contributed by atoms with Gasteiger partial charge in [-0.1, -0.05) is 87.7 Å². The van der Waals surface area contributed by atoms with Gasteiger partial charge >= 0.3 is 0 Å². The van der Waals surface area contributed by atoms with E-state index in [1.54, 1.807) is 24.3 Å². The summed E-state index contributed by atoms with van der Waals surface area (Å²) in [6.07, 6.45) is -0.386. The molecule has 3 nitrogen and oxygen atoms in total. The summed E-state index contributed by atoms with van der Waals surface area (Å²) < 4.78 is 34.2. The van der Waals surface area contributed by atoms with Crippen LogP contribution in [0.1, 0.15) is 29.2 Å². The summed E-state index contributed by atoms with van der Waals surface area (Å²) in [5, 5.41) is 1.19. The van der Waals surface area contributed by atoms with Crippen molar-refractivity contribution < 1.29 is 13.2 Å². The fraction of sp³-hybridized carbons (Fsp3) is 0.200. The Labute approximate surface area is 196 Å². The standard InChI is InChI=1S/C25H22BrClO3S/c1-17-7-13-22(14-8-17)31(28,29)25-23(18-5-3-2-4-6-18)15-21(16-26)30-24(25)19-9-11-20(27)12-10-19/h2-14,21,24H,15-16H2,1H3/t21-,24-/m0/s1. The first-order valence-corrected chi connectivity index (χ1v) is 13.0. The van der Waals surface area contributed by atoms with E-state index in [1.807, 2.05) is 61.5 Å². The van der Waals surface area contributed by atoms with E-state index in [4.69, 9.17) is 16.3 Å². The van der Waals surface area contributed by atoms with E-state index < -0.39 is 15.9 Å². The molecule has 0 aromatic heterocycles. The van der Waals surface area contributed by atoms with Gasteiger partial charge in [-0.3, -0.25) is 0 Å². The summed E-state index contributed by atoms with van der Waals surface area (Å²) in [6, 6.07) is 23.8. The first kappa shape index (κ1) is 22.3. The highest BCUT2D eigenvalue weighted by Gasteiger charge is 2.39. The van der Waals surface area contributed by atoms with Crippen LogP contribution >= 0.6 is 27.5 Å². The average molecular weight is 518 g/mol. The van der Waals surface area contributed by atoms with Gasteiger partial charge in [0, 0.05) is 16.8 Å². The highest BCUT2D eigenvalue weighted by molar-refractivity contribution is 9.09. The average Bonchev–Trinajstić information content (AvgIpc) is 2.79. The second-order valence-electron chi connectivity index (χ2n) is 7.57. The van der Waals surface area contributed by atoms with Crippen molar-refractivity contribution in [3.05, 3.63) is 105 Å². The summed E-state index contributed by atoms with van der Waals surface area (Å²) in [4.78, 5) is 0.559. The monoisotopic (exact) mass is 516 g/mol. The molecule has 160 valence electrons. The van der Waals surface area contributed by atoms with Crippen LogP contribution in [0.2, 0.25) is 5.02 Å². The Balaban J connectivity index is 1.98. The Kier molecular flexibility index (Phi) is 6.68. The van der Waals surface area contributed by atoms with Crippen LogP contribution in [0.15, 0.2) is 88.7 Å². The summed E-state index contributed by atoms with van der Waals surface area (Å²) >= 11 is 9.62. The topological polar surface area (TPSA) is 43.4 Å². The molecule has 31 heavy (non-hydrogen) atoms. The Bertz CT molecular complexity index is 1190. The molecule has 0 bridgehead atoms. The van der Waals surface area contributed by atoms with E-state index in [-0.39, 0.29) is 11.0 Å². The number of ether oxygens (including phenoxy) is 1. The number of hydrogen-bond acceptors (Lipinski definition) is 3. The van der Waals surface area contributed by atoms with E-state index in [0.29, 0.717) is 21.7 Å². The van der Waals surface area contributed by atoms with Gasteiger partial charge in [0.05, 0.1) is 15.9 Å². The predicted octanol–water partition coefficient (Wildman–Crippen LogP) is 6.76. The maximum absolute atomic E-state index is 14.0. The Morgan fingerprint density at radius 2 is 1.61 bits per heavy atom. The van der Waals surface area contributed by atoms with Crippen molar-refractivity contribution in [3.63, 3.8) is 0 Å². The minimum atomic E-state index is -3.81. The van der Waals surface area contributed by atoms with Gasteiger partial charge in [-0.05, 0) is 47.9 Å². The zero-order valence-electron chi connectivity index (χ0n) is 17.0. The van der Waals surface area contributed by atoms with Crippen molar-refractivity contribution in [1.82, 2.24) is 0 Å². The molecule has 0 N–H and O–H groups in total. The Hall–Kier alpha value is -1.92. The van der Waals surface area contributed by atoms with Crippen molar-refractivity contribution >= 4 is 42.9 Å². The van der Waals surface area contributed by atoms with Crippen molar-refractivity contribution in [2.24, 2.45) is 0 Å². The number of alkyl halides is 1. The number of aryl methyl sites for hydroxylation is 1. The molecule has 0 spiro atoms. The molecule has 6 heteroatoms. The Morgan fingerprint density at radius 1 is 0.968 bits per heavy atom. The molecule has 0 saturated carbocycles. The molecule has 0 fully saturated rings. The lowest BCUT2D eigenvalue weighted by Crippen LogP contribution is -2.29. The molecular weight excluding hydrogens is 496 g/mol. The number of rotatable bonds is 5. The highest BCUT2D eigenvalue weighted by Crippen LogP contribution is 2.45. The van der Waals surface area contributed by atoms with Crippen LogP contribution in [-0.4, -0.2) is 19.9 Å². The third-order valence-corrected chi connectivity index (χ3v) is 8.29. The van der Waals surface area contributed by atoms with Crippen LogP contribution in [0.25, 0.3) is 5.57 Å². The molecule has 3 aromatic rings. The molecule has 1 aliphatic heterocycles. The molecule has 0 saturated heterocycles. The van der Waals surface area contributed by atoms with Crippen molar-refractivity contribution in [2.45, 2.75) is 30.4 Å². The zero-order valence-corrected chi connectivity index (χ0v) is 20.1. The molecular formula is C25H22BrClO3S. The van der Waals surface area contributed by atoms with Gasteiger partial charge in [0.1, 0.15) is 6.10 Å². The number of benzene rings is 3. The third-order valence-electron chi connectivity index (χ3n) is 5.38. The largest absolute Gasteiger partial charge is 0.364 e. The van der Waals surface area contributed by atoms with Crippen LogP contribution < -0.4 is 0 Å². The molecule has 0 amide bonds. The first-order valence-electron chi connectivity index (χ1n) is 9.97. The smallest absolute Gasteiger partial charge is 0.206 e. The summed E-state index contributed by atoms with van der Waals surface area (Å²) in [5.74, 6) is 0. The lowest BCUT2D eigenvalue weighted by molar-refractivity contribution is 0.0197. The SMILES string of the molecule is Cc1ccc(S(=O)(=O)C2=C(c3ccccc3)C[C@@H](CBr)O[C@H]2c2ccc(Cl)cc2)cc1. The van der Waals surface area contributed by atoms with Gasteiger partial charge in [0.2, 0.25) is 9.84 Å².